The molecule has 0 aromatic heterocycles. The van der Waals surface area contributed by atoms with E-state index in [1.165, 1.54) is 15.9 Å². The van der Waals surface area contributed by atoms with E-state index in [0.717, 1.165) is 44.9 Å². The molecule has 5 atom stereocenters. The fourth-order valence-corrected chi connectivity index (χ4v) is 8.82. The molecule has 1 saturated heterocycles. The van der Waals surface area contributed by atoms with Crippen LogP contribution in [0.25, 0.3) is 0 Å². The lowest BCUT2D eigenvalue weighted by Crippen LogP contribution is -2.58. The van der Waals surface area contributed by atoms with Gasteiger partial charge in [-0.05, 0) is 63.0 Å². The molecule has 3 aliphatic heterocycles. The number of carbonyl (C=O) groups is 4. The van der Waals surface area contributed by atoms with Crippen LogP contribution >= 0.6 is 0 Å². The molecule has 0 bridgehead atoms. The molecule has 260 valence electrons. The highest BCUT2D eigenvalue weighted by atomic mass is 32.2. The molecule has 1 aromatic carbocycles. The van der Waals surface area contributed by atoms with E-state index in [0.29, 0.717) is 30.4 Å². The Morgan fingerprint density at radius 1 is 1.02 bits per heavy atom. The van der Waals surface area contributed by atoms with E-state index in [2.05, 4.69) is 15.4 Å². The van der Waals surface area contributed by atoms with E-state index in [-0.39, 0.29) is 44.4 Å². The van der Waals surface area contributed by atoms with E-state index in [9.17, 15) is 32.0 Å². The van der Waals surface area contributed by atoms with Crippen LogP contribution in [0.2, 0.25) is 0 Å². The number of allylic oxidation sites excluding steroid dienone is 1. The van der Waals surface area contributed by atoms with Crippen LogP contribution in [0, 0.1) is 11.7 Å². The molecule has 4 fully saturated rings. The lowest BCUT2D eigenvalue weighted by molar-refractivity contribution is -0.141. The number of rotatable bonds is 6. The Morgan fingerprint density at radius 3 is 2.56 bits per heavy atom. The van der Waals surface area contributed by atoms with Gasteiger partial charge in [-0.1, -0.05) is 43.5 Å². The second-order valence-electron chi connectivity index (χ2n) is 14.3. The molecule has 6 aliphatic rings. The molecule has 3 N–H and O–H groups in total. The van der Waals surface area contributed by atoms with E-state index in [1.54, 1.807) is 12.1 Å². The number of hydrogen-bond acceptors (Lipinski definition) is 8. The van der Waals surface area contributed by atoms with Gasteiger partial charge in [-0.3, -0.25) is 24.0 Å². The first-order valence-corrected chi connectivity index (χ1v) is 18.9. The Kier molecular flexibility index (Phi) is 8.99. The van der Waals surface area contributed by atoms with Gasteiger partial charge >= 0.3 is 6.09 Å². The van der Waals surface area contributed by atoms with Crippen LogP contribution in [0.5, 0.6) is 0 Å². The zero-order valence-corrected chi connectivity index (χ0v) is 27.8. The molecule has 0 radical (unpaired) electrons. The van der Waals surface area contributed by atoms with Crippen molar-refractivity contribution in [2.45, 2.75) is 125 Å². The fraction of sp³-hybridized carbons (Fsp3) is 0.647. The molecule has 14 heteroatoms. The number of sulfonamides is 1. The Balaban J connectivity index is 1.12. The highest BCUT2D eigenvalue weighted by molar-refractivity contribution is 7.91. The lowest BCUT2D eigenvalue weighted by Gasteiger charge is -2.34. The monoisotopic (exact) mass is 685 g/mol. The minimum Gasteiger partial charge on any atom is -0.444 e. The van der Waals surface area contributed by atoms with Crippen molar-refractivity contribution in [3.8, 4) is 0 Å². The zero-order valence-electron chi connectivity index (χ0n) is 27.0. The van der Waals surface area contributed by atoms with Gasteiger partial charge in [0.1, 0.15) is 23.5 Å². The first-order chi connectivity index (χ1) is 23.0. The van der Waals surface area contributed by atoms with Crippen LogP contribution in [-0.2, 0) is 42.2 Å². The maximum absolute atomic E-state index is 14.4. The fourth-order valence-electron chi connectivity index (χ4n) is 7.45. The number of hydrogen-bond donors (Lipinski definition) is 3. The Bertz CT molecular complexity index is 1610. The first kappa shape index (κ1) is 33.0. The van der Waals surface area contributed by atoms with Crippen LogP contribution in [0.15, 0.2) is 30.4 Å². The number of fused-ring (bicyclic) bond motifs is 3. The van der Waals surface area contributed by atoms with Crippen molar-refractivity contribution in [2.75, 3.05) is 6.54 Å². The molecule has 3 heterocycles. The van der Waals surface area contributed by atoms with Crippen molar-refractivity contribution < 1.29 is 36.7 Å². The van der Waals surface area contributed by atoms with Gasteiger partial charge in [0.15, 0.2) is 0 Å². The molecule has 0 unspecified atom stereocenters. The summed E-state index contributed by atoms with van der Waals surface area (Å²) in [5, 5.41) is 5.76. The topological polar surface area (TPSA) is 154 Å². The second kappa shape index (κ2) is 13.1. The summed E-state index contributed by atoms with van der Waals surface area (Å²) in [7, 11) is -3.86. The number of halogens is 1. The summed E-state index contributed by atoms with van der Waals surface area (Å²) in [5.74, 6) is -2.41. The highest BCUT2D eigenvalue weighted by Gasteiger charge is 2.62. The van der Waals surface area contributed by atoms with Crippen molar-refractivity contribution in [1.29, 1.82) is 0 Å². The normalized spacial score (nSPS) is 31.7. The van der Waals surface area contributed by atoms with Gasteiger partial charge in [0.05, 0.1) is 24.4 Å². The molecule has 12 nitrogen and oxygen atoms in total. The third-order valence-corrected chi connectivity index (χ3v) is 12.7. The Morgan fingerprint density at radius 2 is 1.83 bits per heavy atom. The molecular formula is C34H44FN5O7S. The van der Waals surface area contributed by atoms with Gasteiger partial charge in [0, 0.05) is 30.5 Å². The first-order valence-electron chi connectivity index (χ1n) is 17.4. The number of nitrogens with zero attached hydrogens (tertiary/aromatic N) is 2. The second-order valence-corrected chi connectivity index (χ2v) is 16.3. The Hall–Kier alpha value is -3.52. The minimum atomic E-state index is -3.86. The summed E-state index contributed by atoms with van der Waals surface area (Å²) in [6.45, 7) is 0.234. The van der Waals surface area contributed by atoms with Crippen LogP contribution < -0.4 is 15.4 Å². The average Bonchev–Trinajstić information content (AvgIpc) is 3.91. The lowest BCUT2D eigenvalue weighted by atomic mass is 9.91. The number of carbonyl (C=O) groups excluding carboxylic acids is 4. The molecule has 1 aromatic rings. The molecule has 48 heavy (non-hydrogen) atoms. The van der Waals surface area contributed by atoms with Crippen molar-refractivity contribution >= 4 is 33.8 Å². The van der Waals surface area contributed by atoms with Gasteiger partial charge < -0.3 is 20.3 Å². The van der Waals surface area contributed by atoms with Crippen LogP contribution in [0.1, 0.15) is 88.2 Å². The largest absolute Gasteiger partial charge is 0.444 e. The molecule has 4 amide bonds. The summed E-state index contributed by atoms with van der Waals surface area (Å²) in [6, 6.07) is 3.36. The van der Waals surface area contributed by atoms with Crippen molar-refractivity contribution in [2.24, 2.45) is 5.92 Å². The predicted molar refractivity (Wildman–Crippen MR) is 172 cm³/mol. The smallest absolute Gasteiger partial charge is 0.410 e. The van der Waals surface area contributed by atoms with Gasteiger partial charge in [-0.15, -0.1) is 0 Å². The minimum absolute atomic E-state index is 0.00713. The third kappa shape index (κ3) is 6.70. The van der Waals surface area contributed by atoms with Crippen LogP contribution in [0.3, 0.4) is 0 Å². The predicted octanol–water partition coefficient (Wildman–Crippen LogP) is 2.76. The Labute approximate surface area is 280 Å². The van der Waals surface area contributed by atoms with Crippen molar-refractivity contribution in [3.63, 3.8) is 0 Å². The number of amides is 4. The maximum atomic E-state index is 14.4. The number of nitrogens with one attached hydrogen (secondary N) is 3. The van der Waals surface area contributed by atoms with E-state index >= 15 is 0 Å². The van der Waals surface area contributed by atoms with E-state index in [4.69, 9.17) is 4.74 Å². The third-order valence-electron chi connectivity index (χ3n) is 10.8. The summed E-state index contributed by atoms with van der Waals surface area (Å²) in [5.41, 5.74) is -0.326. The molecule has 7 rings (SSSR count). The molecule has 3 saturated carbocycles. The highest BCUT2D eigenvalue weighted by Crippen LogP contribution is 2.46. The molecule has 0 spiro atoms. The summed E-state index contributed by atoms with van der Waals surface area (Å²) < 4.78 is 47.9. The van der Waals surface area contributed by atoms with Gasteiger partial charge in [0.2, 0.25) is 21.8 Å². The van der Waals surface area contributed by atoms with Gasteiger partial charge in [0.25, 0.3) is 5.91 Å². The number of benzene rings is 1. The van der Waals surface area contributed by atoms with Crippen LogP contribution in [-0.4, -0.2) is 83.6 Å². The van der Waals surface area contributed by atoms with E-state index < -0.39 is 68.6 Å². The molecular weight excluding hydrogens is 641 g/mol. The number of ether oxygens (including phenoxy) is 1. The standard InChI is InChI=1S/C34H44FN5O7S/c35-27-12-6-8-21-18-39(20-26(21)27)33(44)47-24-16-29-30(41)37-34(32(43)38-48(45,46)25-14-15-25)17-22(34)9-4-2-1-3-5-13-28(31(42)40(29)19-24)36-23-10-7-11-23/h4,6,8-9,12,22-25,28-29,36H,1-3,5,7,10-11,13-20H2,(H,37,41)(H,38,43)/b9-4-/t22-,24+,28-,29-,34+/m0/s1. The summed E-state index contributed by atoms with van der Waals surface area (Å²) in [6.07, 6.45) is 10.6. The SMILES string of the molecule is O=C1N[C@]2(C(=O)NS(=O)(=O)C3CC3)C[C@@H]2/C=C\CCCCC[C@H](NC2CCC2)C(=O)N2C[C@H](OC(=O)N3Cc4cccc(F)c4C3)C[C@@H]12. The summed E-state index contributed by atoms with van der Waals surface area (Å²) in [4.78, 5) is 58.1. The zero-order chi connectivity index (χ0) is 33.6. The van der Waals surface area contributed by atoms with E-state index in [1.807, 2.05) is 12.2 Å². The van der Waals surface area contributed by atoms with Crippen molar-refractivity contribution in [1.82, 2.24) is 25.2 Å². The van der Waals surface area contributed by atoms with Crippen molar-refractivity contribution in [3.05, 3.63) is 47.3 Å². The molecule has 3 aliphatic carbocycles. The van der Waals surface area contributed by atoms with Crippen LogP contribution in [0.4, 0.5) is 9.18 Å². The quantitative estimate of drug-likeness (QED) is 0.387. The average molecular weight is 686 g/mol. The van der Waals surface area contributed by atoms with Gasteiger partial charge in [-0.25, -0.2) is 17.6 Å². The van der Waals surface area contributed by atoms with Gasteiger partial charge in [-0.2, -0.15) is 0 Å². The summed E-state index contributed by atoms with van der Waals surface area (Å²) >= 11 is 0. The maximum Gasteiger partial charge on any atom is 0.410 e.